The van der Waals surface area contributed by atoms with Crippen LogP contribution < -0.4 is 5.32 Å². The molecule has 0 aliphatic rings. The van der Waals surface area contributed by atoms with Crippen molar-refractivity contribution >= 4 is 17.1 Å². The molecule has 0 unspecified atom stereocenters. The molecule has 4 rings (SSSR count). The smallest absolute Gasteiger partial charge is 0.255 e. The molecule has 1 N–H and O–H groups in total. The van der Waals surface area contributed by atoms with E-state index in [1.807, 2.05) is 42.0 Å². The zero-order valence-corrected chi connectivity index (χ0v) is 12.5. The van der Waals surface area contributed by atoms with Crippen LogP contribution in [0.5, 0.6) is 0 Å². The van der Waals surface area contributed by atoms with Gasteiger partial charge in [-0.1, -0.05) is 6.07 Å². The Morgan fingerprint density at radius 2 is 2.17 bits per heavy atom. The van der Waals surface area contributed by atoms with E-state index in [4.69, 9.17) is 0 Å². The zero-order chi connectivity index (χ0) is 15.8. The van der Waals surface area contributed by atoms with Crippen LogP contribution in [-0.4, -0.2) is 29.9 Å². The lowest BCUT2D eigenvalue weighted by atomic mass is 10.2. The number of hydrogen-bond donors (Lipinski definition) is 1. The molecule has 0 spiro atoms. The first kappa shape index (κ1) is 13.4. The van der Waals surface area contributed by atoms with Gasteiger partial charge in [0.05, 0.1) is 35.7 Å². The first-order valence-electron chi connectivity index (χ1n) is 7.20. The van der Waals surface area contributed by atoms with Crippen LogP contribution >= 0.6 is 0 Å². The van der Waals surface area contributed by atoms with Gasteiger partial charge >= 0.3 is 0 Å². The molecular weight excluding hydrogens is 292 g/mol. The molecule has 114 valence electrons. The summed E-state index contributed by atoms with van der Waals surface area (Å²) in [5.41, 5.74) is 3.95. The summed E-state index contributed by atoms with van der Waals surface area (Å²) < 4.78 is 3.58. The predicted molar refractivity (Wildman–Crippen MR) is 84.1 cm³/mol. The van der Waals surface area contributed by atoms with E-state index >= 15 is 0 Å². The molecule has 0 aliphatic heterocycles. The summed E-state index contributed by atoms with van der Waals surface area (Å²) in [6.45, 7) is 2.34. The van der Waals surface area contributed by atoms with E-state index in [1.165, 1.54) is 0 Å². The van der Waals surface area contributed by atoms with Gasteiger partial charge in [0.25, 0.3) is 5.91 Å². The molecule has 4 aromatic heterocycles. The number of carbonyl (C=O) groups is 1. The maximum Gasteiger partial charge on any atom is 0.255 e. The van der Waals surface area contributed by atoms with Crippen LogP contribution in [0, 0.1) is 6.92 Å². The van der Waals surface area contributed by atoms with E-state index in [2.05, 4.69) is 20.4 Å². The average molecular weight is 306 g/mol. The van der Waals surface area contributed by atoms with Crippen LogP contribution in [0.1, 0.15) is 21.6 Å². The second-order valence-electron chi connectivity index (χ2n) is 5.35. The molecular formula is C16H14N6O. The van der Waals surface area contributed by atoms with E-state index in [1.54, 1.807) is 23.1 Å². The maximum atomic E-state index is 12.4. The first-order valence-corrected chi connectivity index (χ1v) is 7.20. The van der Waals surface area contributed by atoms with Crippen LogP contribution in [-0.2, 0) is 6.54 Å². The number of amides is 1. The number of pyridine rings is 1. The van der Waals surface area contributed by atoms with Crippen molar-refractivity contribution in [2.75, 3.05) is 0 Å². The third kappa shape index (κ3) is 2.42. The van der Waals surface area contributed by atoms with Crippen LogP contribution in [0.15, 0.2) is 49.3 Å². The number of imidazole rings is 1. The van der Waals surface area contributed by atoms with Gasteiger partial charge in [-0.2, -0.15) is 5.10 Å². The van der Waals surface area contributed by atoms with Crippen molar-refractivity contribution in [3.05, 3.63) is 66.1 Å². The molecule has 0 saturated carbocycles. The lowest BCUT2D eigenvalue weighted by Gasteiger charge is -2.02. The Hall–Kier alpha value is -3.22. The highest BCUT2D eigenvalue weighted by atomic mass is 16.1. The van der Waals surface area contributed by atoms with Crippen molar-refractivity contribution < 1.29 is 4.79 Å². The lowest BCUT2D eigenvalue weighted by Crippen LogP contribution is -2.22. The molecule has 0 fully saturated rings. The highest BCUT2D eigenvalue weighted by Crippen LogP contribution is 2.12. The number of rotatable bonds is 3. The molecule has 7 nitrogen and oxygen atoms in total. The van der Waals surface area contributed by atoms with Gasteiger partial charge in [0.15, 0.2) is 5.65 Å². The standard InChI is InChI=1S/C16H14N6O/c1-11-2-3-14-13(7-19-22(14)9-11)16(23)18-6-12-10-21-5-4-17-8-15(21)20-12/h2-5,7-10H,6H2,1H3,(H,18,23). The summed E-state index contributed by atoms with van der Waals surface area (Å²) in [6.07, 6.45) is 10.5. The highest BCUT2D eigenvalue weighted by Gasteiger charge is 2.13. The number of hydrogen-bond acceptors (Lipinski definition) is 4. The Morgan fingerprint density at radius 3 is 3.04 bits per heavy atom. The molecule has 0 radical (unpaired) electrons. The molecule has 7 heteroatoms. The van der Waals surface area contributed by atoms with Crippen molar-refractivity contribution in [2.24, 2.45) is 0 Å². The van der Waals surface area contributed by atoms with Gasteiger partial charge in [-0.15, -0.1) is 0 Å². The minimum absolute atomic E-state index is 0.168. The second-order valence-corrected chi connectivity index (χ2v) is 5.35. The highest BCUT2D eigenvalue weighted by molar-refractivity contribution is 6.00. The summed E-state index contributed by atoms with van der Waals surface area (Å²) in [6, 6.07) is 3.86. The zero-order valence-electron chi connectivity index (χ0n) is 12.5. The van der Waals surface area contributed by atoms with Crippen molar-refractivity contribution in [3.63, 3.8) is 0 Å². The Labute approximate surface area is 131 Å². The van der Waals surface area contributed by atoms with E-state index in [-0.39, 0.29) is 5.91 Å². The Balaban J connectivity index is 1.54. The molecule has 0 aromatic carbocycles. The fourth-order valence-electron chi connectivity index (χ4n) is 2.51. The van der Waals surface area contributed by atoms with E-state index < -0.39 is 0 Å². The van der Waals surface area contributed by atoms with Crippen LogP contribution in [0.4, 0.5) is 0 Å². The SMILES string of the molecule is Cc1ccc2c(C(=O)NCc3cn4ccncc4n3)cnn2c1. The average Bonchev–Trinajstić information content (AvgIpc) is 3.15. The maximum absolute atomic E-state index is 12.4. The monoisotopic (exact) mass is 306 g/mol. The normalized spacial score (nSPS) is 11.2. The summed E-state index contributed by atoms with van der Waals surface area (Å²) >= 11 is 0. The number of aromatic nitrogens is 5. The van der Waals surface area contributed by atoms with Crippen molar-refractivity contribution in [3.8, 4) is 0 Å². The van der Waals surface area contributed by atoms with Crippen LogP contribution in [0.3, 0.4) is 0 Å². The fourth-order valence-corrected chi connectivity index (χ4v) is 2.51. The quantitative estimate of drug-likeness (QED) is 0.624. The summed E-state index contributed by atoms with van der Waals surface area (Å²) in [7, 11) is 0. The number of nitrogens with one attached hydrogen (secondary N) is 1. The molecule has 23 heavy (non-hydrogen) atoms. The van der Waals surface area contributed by atoms with Crippen molar-refractivity contribution in [2.45, 2.75) is 13.5 Å². The van der Waals surface area contributed by atoms with Crippen LogP contribution in [0.2, 0.25) is 0 Å². The van der Waals surface area contributed by atoms with Gasteiger partial charge in [-0.3, -0.25) is 9.78 Å². The Morgan fingerprint density at radius 1 is 1.26 bits per heavy atom. The van der Waals surface area contributed by atoms with E-state index in [0.29, 0.717) is 12.1 Å². The number of nitrogens with zero attached hydrogens (tertiary/aromatic N) is 5. The van der Waals surface area contributed by atoms with Crippen LogP contribution in [0.25, 0.3) is 11.2 Å². The van der Waals surface area contributed by atoms with E-state index in [9.17, 15) is 4.79 Å². The molecule has 4 heterocycles. The minimum Gasteiger partial charge on any atom is -0.346 e. The Bertz CT molecular complexity index is 983. The second kappa shape index (κ2) is 5.20. The first-order chi connectivity index (χ1) is 11.2. The molecule has 0 atom stereocenters. The van der Waals surface area contributed by atoms with Gasteiger partial charge in [0, 0.05) is 24.8 Å². The summed E-state index contributed by atoms with van der Waals surface area (Å²) in [5, 5.41) is 7.10. The number of aryl methyl sites for hydroxylation is 1. The van der Waals surface area contributed by atoms with Gasteiger partial charge < -0.3 is 9.72 Å². The van der Waals surface area contributed by atoms with Crippen molar-refractivity contribution in [1.29, 1.82) is 0 Å². The summed E-state index contributed by atoms with van der Waals surface area (Å²) in [5.74, 6) is -0.168. The third-order valence-electron chi connectivity index (χ3n) is 3.65. The number of carbonyl (C=O) groups excluding carboxylic acids is 1. The molecule has 0 aliphatic carbocycles. The lowest BCUT2D eigenvalue weighted by molar-refractivity contribution is 0.0952. The van der Waals surface area contributed by atoms with Gasteiger partial charge in [0.1, 0.15) is 0 Å². The topological polar surface area (TPSA) is 76.6 Å². The van der Waals surface area contributed by atoms with Gasteiger partial charge in [0.2, 0.25) is 0 Å². The minimum atomic E-state index is -0.168. The third-order valence-corrected chi connectivity index (χ3v) is 3.65. The Kier molecular flexibility index (Phi) is 3.04. The van der Waals surface area contributed by atoms with Crippen molar-refractivity contribution in [1.82, 2.24) is 29.3 Å². The van der Waals surface area contributed by atoms with Gasteiger partial charge in [-0.25, -0.2) is 9.50 Å². The fraction of sp³-hybridized carbons (Fsp3) is 0.125. The molecule has 4 aromatic rings. The molecule has 0 saturated heterocycles. The number of fused-ring (bicyclic) bond motifs is 2. The summed E-state index contributed by atoms with van der Waals surface area (Å²) in [4.78, 5) is 20.8. The predicted octanol–water partition coefficient (Wildman–Crippen LogP) is 1.62. The largest absolute Gasteiger partial charge is 0.346 e. The van der Waals surface area contributed by atoms with E-state index in [0.717, 1.165) is 22.4 Å². The molecule has 1 amide bonds. The van der Waals surface area contributed by atoms with Gasteiger partial charge in [-0.05, 0) is 18.6 Å². The molecule has 0 bridgehead atoms.